The number of hydrogen-bond acceptors (Lipinski definition) is 4. The third-order valence-corrected chi connectivity index (χ3v) is 17.8. The summed E-state index contributed by atoms with van der Waals surface area (Å²) in [5, 5.41) is 14.7. The molecule has 0 amide bonds. The second-order valence-electron chi connectivity index (χ2n) is 23.3. The lowest BCUT2D eigenvalue weighted by molar-refractivity contribution is 0.0780. The van der Waals surface area contributed by atoms with Crippen molar-refractivity contribution in [3.05, 3.63) is 168 Å². The van der Waals surface area contributed by atoms with Crippen LogP contribution in [0.1, 0.15) is 109 Å². The number of hydrogen-bond donors (Lipinski definition) is 0. The summed E-state index contributed by atoms with van der Waals surface area (Å²) in [4.78, 5) is 15.9. The SMILES string of the molecule is C[C@@H]1C[C@@H]2C[C@H](C)CC(c3ccc(-c4nc(-c5ccc(-n6c7ccccc7c7cc(C#N)ccc76)cc5)nc(-c5cccc(-c6ccc(C78C[C@H](C)C[C@H](C[C@H](C)C7)C8)c7ccccc67)c5)n4)cc3)(C1)C2. The third kappa shape index (κ3) is 7.68. The maximum atomic E-state index is 9.75. The molecule has 4 saturated carbocycles. The highest BCUT2D eigenvalue weighted by atomic mass is 15.0. The Labute approximate surface area is 419 Å². The molecule has 2 aromatic heterocycles. The van der Waals surface area contributed by atoms with Crippen LogP contribution in [0.5, 0.6) is 0 Å². The summed E-state index contributed by atoms with van der Waals surface area (Å²) in [6, 6.07) is 57.6. The van der Waals surface area contributed by atoms with Gasteiger partial charge in [-0.2, -0.15) is 5.26 Å². The molecule has 5 nitrogen and oxygen atoms in total. The number of rotatable bonds is 7. The molecule has 4 aliphatic rings. The standard InChI is InChI=1S/C66H63N5/c1-41-28-46-29-42(2)35-65(34-41,38-46)52-21-17-48(18-22-52)62-68-63(49-19-23-53(24-20-49)71-60-15-8-7-14-57(60)58-32-45(40-67)16-27-61(58)71)70-64(69-62)51-11-9-10-50(33-51)54-25-26-59(56-13-6-5-12-55(54)56)66-36-43(3)30-47(39-66)31-44(4)37-66/h5-27,32-33,41-44,46-47H,28-31,34-39H2,1-4H3/t41-,42+,43-,44+,46-,47-,65?,66?. The third-order valence-electron chi connectivity index (χ3n) is 17.8. The zero-order chi connectivity index (χ0) is 48.0. The van der Waals surface area contributed by atoms with Crippen molar-refractivity contribution in [1.29, 1.82) is 5.26 Å². The molecule has 0 spiro atoms. The van der Waals surface area contributed by atoms with Crippen molar-refractivity contribution in [3.8, 4) is 57.0 Å². The summed E-state index contributed by atoms with van der Waals surface area (Å²) in [7, 11) is 0. The van der Waals surface area contributed by atoms with E-state index in [0.29, 0.717) is 23.0 Å². The number of aromatic nitrogens is 4. The minimum atomic E-state index is 0.241. The van der Waals surface area contributed by atoms with Crippen molar-refractivity contribution in [3.63, 3.8) is 0 Å². The molecular formula is C66H63N5. The van der Waals surface area contributed by atoms with E-state index in [1.807, 2.05) is 12.1 Å². The number of para-hydroxylation sites is 1. The fraction of sp³-hybridized carbons (Fsp3) is 0.333. The Balaban J connectivity index is 0.911. The number of nitrogens with zero attached hydrogens (tertiary/aromatic N) is 5. The van der Waals surface area contributed by atoms with Crippen LogP contribution in [-0.2, 0) is 10.8 Å². The predicted molar refractivity (Wildman–Crippen MR) is 291 cm³/mol. The Hall–Kier alpha value is -6.90. The Morgan fingerprint density at radius 3 is 1.63 bits per heavy atom. The number of fused-ring (bicyclic) bond motifs is 8. The van der Waals surface area contributed by atoms with Crippen LogP contribution < -0.4 is 0 Å². The molecular weight excluding hydrogens is 863 g/mol. The fourth-order valence-electron chi connectivity index (χ4n) is 15.7. The van der Waals surface area contributed by atoms with E-state index in [-0.39, 0.29) is 10.8 Å². The molecule has 7 aromatic carbocycles. The van der Waals surface area contributed by atoms with Crippen molar-refractivity contribution < 1.29 is 0 Å². The largest absolute Gasteiger partial charge is 0.309 e. The minimum Gasteiger partial charge on any atom is -0.309 e. The van der Waals surface area contributed by atoms with Gasteiger partial charge in [0.15, 0.2) is 17.5 Å². The first-order valence-electron chi connectivity index (χ1n) is 26.6. The van der Waals surface area contributed by atoms with Crippen molar-refractivity contribution in [2.24, 2.45) is 35.5 Å². The van der Waals surface area contributed by atoms with Crippen molar-refractivity contribution in [2.45, 2.75) is 103 Å². The maximum Gasteiger partial charge on any atom is 0.164 e. The average molecular weight is 926 g/mol. The molecule has 4 aliphatic carbocycles. The van der Waals surface area contributed by atoms with Gasteiger partial charge in [0.05, 0.1) is 22.7 Å². The first kappa shape index (κ1) is 44.1. The lowest BCUT2D eigenvalue weighted by atomic mass is 9.54. The van der Waals surface area contributed by atoms with E-state index in [1.54, 1.807) is 5.56 Å². The molecule has 0 radical (unpaired) electrons. The summed E-state index contributed by atoms with van der Waals surface area (Å²) in [5.41, 5.74) is 12.7. The van der Waals surface area contributed by atoms with Gasteiger partial charge in [-0.1, -0.05) is 125 Å². The molecule has 5 heteroatoms. The van der Waals surface area contributed by atoms with Crippen molar-refractivity contribution in [1.82, 2.24) is 19.5 Å². The van der Waals surface area contributed by atoms with Gasteiger partial charge in [-0.05, 0) is 198 Å². The maximum absolute atomic E-state index is 9.75. The van der Waals surface area contributed by atoms with Crippen LogP contribution in [-0.4, -0.2) is 19.5 Å². The highest BCUT2D eigenvalue weighted by Crippen LogP contribution is 2.56. The molecule has 2 heterocycles. The second kappa shape index (κ2) is 17.2. The summed E-state index contributed by atoms with van der Waals surface area (Å²) >= 11 is 0. The van der Waals surface area contributed by atoms with Gasteiger partial charge in [0.2, 0.25) is 0 Å². The van der Waals surface area contributed by atoms with Crippen molar-refractivity contribution >= 4 is 32.6 Å². The Bertz CT molecular complexity index is 3520. The van der Waals surface area contributed by atoms with Gasteiger partial charge in [0.25, 0.3) is 0 Å². The second-order valence-corrected chi connectivity index (χ2v) is 23.3. The monoisotopic (exact) mass is 926 g/mol. The Morgan fingerprint density at radius 2 is 0.986 bits per heavy atom. The van der Waals surface area contributed by atoms with E-state index in [1.165, 1.54) is 91.7 Å². The Kier molecular flexibility index (Phi) is 10.6. The molecule has 4 bridgehead atoms. The van der Waals surface area contributed by atoms with E-state index in [4.69, 9.17) is 15.0 Å². The van der Waals surface area contributed by atoms with E-state index < -0.39 is 0 Å². The smallest absolute Gasteiger partial charge is 0.164 e. The molecule has 13 rings (SSSR count). The van der Waals surface area contributed by atoms with Crippen LogP contribution in [0.15, 0.2) is 152 Å². The lowest BCUT2D eigenvalue weighted by Crippen LogP contribution is -2.42. The van der Waals surface area contributed by atoms with Gasteiger partial charge in [-0.15, -0.1) is 0 Å². The zero-order valence-electron chi connectivity index (χ0n) is 41.7. The summed E-state index contributed by atoms with van der Waals surface area (Å²) in [6.45, 7) is 9.91. The highest BCUT2D eigenvalue weighted by Gasteiger charge is 2.47. The molecule has 0 N–H and O–H groups in total. The van der Waals surface area contributed by atoms with Crippen LogP contribution in [0.3, 0.4) is 0 Å². The van der Waals surface area contributed by atoms with E-state index in [2.05, 4.69) is 178 Å². The average Bonchev–Trinajstić information content (AvgIpc) is 3.71. The molecule has 9 aromatic rings. The zero-order valence-corrected chi connectivity index (χ0v) is 41.7. The molecule has 2 unspecified atom stereocenters. The minimum absolute atomic E-state index is 0.241. The van der Waals surface area contributed by atoms with Gasteiger partial charge < -0.3 is 4.57 Å². The van der Waals surface area contributed by atoms with Gasteiger partial charge >= 0.3 is 0 Å². The van der Waals surface area contributed by atoms with Crippen LogP contribution in [0.2, 0.25) is 0 Å². The van der Waals surface area contributed by atoms with Crippen LogP contribution in [0, 0.1) is 46.8 Å². The van der Waals surface area contributed by atoms with Gasteiger partial charge in [0.1, 0.15) is 0 Å². The number of benzene rings is 7. The molecule has 352 valence electrons. The number of nitriles is 1. The van der Waals surface area contributed by atoms with Crippen LogP contribution in [0.25, 0.3) is 83.6 Å². The van der Waals surface area contributed by atoms with Gasteiger partial charge in [0, 0.05) is 33.2 Å². The normalized spacial score (nSPS) is 26.1. The molecule has 0 saturated heterocycles. The summed E-state index contributed by atoms with van der Waals surface area (Å²) in [5.74, 6) is 6.66. The van der Waals surface area contributed by atoms with E-state index in [0.717, 1.165) is 79.7 Å². The summed E-state index contributed by atoms with van der Waals surface area (Å²) in [6.07, 6.45) is 13.2. The van der Waals surface area contributed by atoms with Crippen LogP contribution in [0.4, 0.5) is 0 Å². The summed E-state index contributed by atoms with van der Waals surface area (Å²) < 4.78 is 2.28. The molecule has 8 atom stereocenters. The molecule has 71 heavy (non-hydrogen) atoms. The quantitative estimate of drug-likeness (QED) is 0.160. The van der Waals surface area contributed by atoms with Gasteiger partial charge in [-0.3, -0.25) is 0 Å². The Morgan fingerprint density at radius 1 is 0.451 bits per heavy atom. The first-order valence-corrected chi connectivity index (χ1v) is 26.6. The fourth-order valence-corrected chi connectivity index (χ4v) is 15.7. The van der Waals surface area contributed by atoms with E-state index >= 15 is 0 Å². The molecule has 4 fully saturated rings. The van der Waals surface area contributed by atoms with Crippen LogP contribution >= 0.6 is 0 Å². The van der Waals surface area contributed by atoms with Crippen molar-refractivity contribution in [2.75, 3.05) is 0 Å². The predicted octanol–water partition coefficient (Wildman–Crippen LogP) is 16.9. The topological polar surface area (TPSA) is 67.4 Å². The lowest BCUT2D eigenvalue weighted by Gasteiger charge is -2.51. The first-order chi connectivity index (χ1) is 34.6. The molecule has 0 aliphatic heterocycles. The van der Waals surface area contributed by atoms with E-state index in [9.17, 15) is 5.26 Å². The van der Waals surface area contributed by atoms with Gasteiger partial charge in [-0.25, -0.2) is 15.0 Å². The highest BCUT2D eigenvalue weighted by molar-refractivity contribution is 6.09.